The summed E-state index contributed by atoms with van der Waals surface area (Å²) < 4.78 is 9.43. The normalized spacial score (nSPS) is 6.29. The zero-order valence-corrected chi connectivity index (χ0v) is 4.24. The van der Waals surface area contributed by atoms with Crippen LogP contribution in [0.15, 0.2) is 0 Å². The van der Waals surface area contributed by atoms with Crippen molar-refractivity contribution >= 4 is 13.9 Å². The third kappa shape index (κ3) is 5.28. The van der Waals surface area contributed by atoms with Crippen LogP contribution in [0, 0.1) is 5.75 Å². The van der Waals surface area contributed by atoms with E-state index in [1.807, 2.05) is 11.1 Å². The monoisotopic (exact) mass is 118 g/mol. The predicted octanol–water partition coefficient (Wildman–Crippen LogP) is -0.137. The number of carbonyl (C=O) groups excluding carboxylic acids is 1. The van der Waals surface area contributed by atoms with E-state index in [-0.39, 0.29) is 7.92 Å². The average molecular weight is 118 g/mol. The number of amides is 2. The molecule has 0 heterocycles. The summed E-state index contributed by atoms with van der Waals surface area (Å²) >= 11 is 0. The number of carbonyl (C=O) groups is 1. The van der Waals surface area contributed by atoms with E-state index >= 15 is 0 Å². The molecule has 0 aromatic heterocycles. The number of hydrogen-bond acceptors (Lipinski definition) is 2. The number of primary amides is 1. The molecule has 38 valence electrons. The van der Waals surface area contributed by atoms with E-state index in [4.69, 9.17) is 0 Å². The molecule has 5 heteroatoms. The van der Waals surface area contributed by atoms with Crippen molar-refractivity contribution in [2.75, 3.05) is 0 Å². The van der Waals surface area contributed by atoms with Gasteiger partial charge < -0.3 is 0 Å². The van der Waals surface area contributed by atoms with Crippen molar-refractivity contribution in [3.8, 4) is 5.75 Å². The third-order valence-electron chi connectivity index (χ3n) is 0.225. The standard InChI is InChI=1S/C2H3N2O2P/c3-2(5)4-1-7-6/h(H3,3,4,5). The van der Waals surface area contributed by atoms with Crippen LogP contribution in [0.25, 0.3) is 0 Å². The van der Waals surface area contributed by atoms with Crippen molar-refractivity contribution in [2.24, 2.45) is 5.73 Å². The fourth-order valence-electron chi connectivity index (χ4n) is 0.0779. The third-order valence-corrected chi connectivity index (χ3v) is 0.428. The van der Waals surface area contributed by atoms with Gasteiger partial charge in [0.1, 0.15) is 0 Å². The second-order valence-electron chi connectivity index (χ2n) is 0.692. The fourth-order valence-corrected chi connectivity index (χ4v) is 0.234. The molecule has 0 saturated heterocycles. The van der Waals surface area contributed by atoms with Crippen molar-refractivity contribution in [3.63, 3.8) is 0 Å². The summed E-state index contributed by atoms with van der Waals surface area (Å²) in [5, 5.41) is 1.86. The van der Waals surface area contributed by atoms with Crippen LogP contribution in [0.4, 0.5) is 4.79 Å². The molecule has 0 aliphatic rings. The number of nitrogens with one attached hydrogen (secondary N) is 1. The minimum absolute atomic E-state index is 0.372. The molecule has 0 fully saturated rings. The summed E-state index contributed by atoms with van der Waals surface area (Å²) in [7, 11) is -0.372. The second-order valence-corrected chi connectivity index (χ2v) is 1.10. The van der Waals surface area contributed by atoms with Crippen molar-refractivity contribution in [1.29, 1.82) is 0 Å². The van der Waals surface area contributed by atoms with Crippen LogP contribution >= 0.6 is 7.92 Å². The van der Waals surface area contributed by atoms with Gasteiger partial charge in [0.25, 0.3) is 0 Å². The molecule has 0 saturated carbocycles. The Hall–Kier alpha value is -0.720. The first-order valence-corrected chi connectivity index (χ1v) is 2.21. The SMILES string of the molecule is NC(=O)NC#P=O. The van der Waals surface area contributed by atoms with Gasteiger partial charge in [-0.1, -0.05) is 0 Å². The van der Waals surface area contributed by atoms with Crippen LogP contribution in [0.5, 0.6) is 0 Å². The van der Waals surface area contributed by atoms with Gasteiger partial charge >= 0.3 is 40.1 Å². The number of nitrogens with two attached hydrogens (primary N) is 1. The molecule has 0 spiro atoms. The molecule has 0 atom stereocenters. The van der Waals surface area contributed by atoms with Crippen LogP contribution < -0.4 is 11.1 Å². The first-order chi connectivity index (χ1) is 3.27. The summed E-state index contributed by atoms with van der Waals surface area (Å²) in [6.45, 7) is 0. The van der Waals surface area contributed by atoms with Crippen molar-refractivity contribution < 1.29 is 9.36 Å². The molecule has 2 amide bonds. The first-order valence-electron chi connectivity index (χ1n) is 1.40. The van der Waals surface area contributed by atoms with Crippen molar-refractivity contribution in [1.82, 2.24) is 5.32 Å². The topological polar surface area (TPSA) is 72.2 Å². The molecule has 0 bridgehead atoms. The van der Waals surface area contributed by atoms with E-state index in [9.17, 15) is 9.36 Å². The van der Waals surface area contributed by atoms with Gasteiger partial charge in [0.15, 0.2) is 0 Å². The Morgan fingerprint density at radius 2 is 2.43 bits per heavy atom. The number of urea groups is 1. The molecule has 0 aliphatic heterocycles. The number of hydrogen-bond donors (Lipinski definition) is 2. The zero-order valence-electron chi connectivity index (χ0n) is 3.34. The van der Waals surface area contributed by atoms with Crippen LogP contribution in [0.1, 0.15) is 0 Å². The van der Waals surface area contributed by atoms with Crippen LogP contribution in [-0.4, -0.2) is 6.03 Å². The Labute approximate surface area is 41.2 Å². The van der Waals surface area contributed by atoms with Crippen LogP contribution in [0.2, 0.25) is 0 Å². The van der Waals surface area contributed by atoms with Gasteiger partial charge in [0.2, 0.25) is 0 Å². The number of rotatable bonds is 0. The summed E-state index contributed by atoms with van der Waals surface area (Å²) in [6, 6.07) is -0.761. The first kappa shape index (κ1) is 6.28. The Balaban J connectivity index is 3.47. The maximum atomic E-state index is 9.66. The predicted molar refractivity (Wildman–Crippen MR) is 24.2 cm³/mol. The van der Waals surface area contributed by atoms with E-state index in [1.165, 1.54) is 0 Å². The van der Waals surface area contributed by atoms with E-state index < -0.39 is 6.03 Å². The molecular weight excluding hydrogens is 115 g/mol. The van der Waals surface area contributed by atoms with Gasteiger partial charge in [0, 0.05) is 0 Å². The maximum absolute atomic E-state index is 9.66. The summed E-state index contributed by atoms with van der Waals surface area (Å²) in [5.41, 5.74) is 4.52. The van der Waals surface area contributed by atoms with Crippen molar-refractivity contribution in [2.45, 2.75) is 0 Å². The average Bonchev–Trinajstić information content (AvgIpc) is 1.61. The molecule has 7 heavy (non-hydrogen) atoms. The quantitative estimate of drug-likeness (QED) is 0.343. The molecule has 0 radical (unpaired) electrons. The summed E-state index contributed by atoms with van der Waals surface area (Å²) in [6.07, 6.45) is 0. The molecule has 0 aliphatic carbocycles. The molecule has 4 nitrogen and oxygen atoms in total. The van der Waals surface area contributed by atoms with Gasteiger partial charge in [-0.3, -0.25) is 0 Å². The second kappa shape index (κ2) is 3.47. The molecule has 0 unspecified atom stereocenters. The van der Waals surface area contributed by atoms with Gasteiger partial charge in [0.05, 0.1) is 0 Å². The van der Waals surface area contributed by atoms with Gasteiger partial charge in [-0.2, -0.15) is 0 Å². The summed E-state index contributed by atoms with van der Waals surface area (Å²) in [4.78, 5) is 9.66. The van der Waals surface area contributed by atoms with Crippen LogP contribution in [-0.2, 0) is 4.57 Å². The van der Waals surface area contributed by atoms with E-state index in [0.717, 1.165) is 0 Å². The Kier molecular flexibility index (Phi) is 3.11. The van der Waals surface area contributed by atoms with Gasteiger partial charge in [-0.25, -0.2) is 0 Å². The molecule has 3 N–H and O–H groups in total. The molecule has 0 rings (SSSR count). The molecular formula is C2H3N2O2P. The van der Waals surface area contributed by atoms with E-state index in [2.05, 4.69) is 5.73 Å². The fraction of sp³-hybridized carbons (Fsp3) is 0. The zero-order chi connectivity index (χ0) is 5.70. The van der Waals surface area contributed by atoms with Crippen molar-refractivity contribution in [3.05, 3.63) is 0 Å². The molecule has 0 aromatic carbocycles. The van der Waals surface area contributed by atoms with Gasteiger partial charge in [-0.05, 0) is 0 Å². The Bertz CT molecular complexity index is 158. The van der Waals surface area contributed by atoms with E-state index in [0.29, 0.717) is 0 Å². The Morgan fingerprint density at radius 1 is 1.86 bits per heavy atom. The van der Waals surface area contributed by atoms with Crippen LogP contribution in [0.3, 0.4) is 0 Å². The van der Waals surface area contributed by atoms with E-state index in [1.54, 1.807) is 0 Å². The van der Waals surface area contributed by atoms with Gasteiger partial charge in [-0.15, -0.1) is 0 Å². The molecule has 0 aromatic rings. The summed E-state index contributed by atoms with van der Waals surface area (Å²) in [5.74, 6) is 1.94. The minimum atomic E-state index is -0.761. The Morgan fingerprint density at radius 3 is 2.57 bits per heavy atom.